The average molecular weight is 404 g/mol. The number of benzene rings is 2. The maximum atomic E-state index is 12.9. The SMILES string of the molecule is Cc1nn(-c2ccccc2)c(C)c1C(=O)C(=O)Nc1cccc(N2CCOC2=O)c1. The number of nitrogens with one attached hydrogen (secondary N) is 1. The number of hydrogen-bond acceptors (Lipinski definition) is 5. The quantitative estimate of drug-likeness (QED) is 0.520. The average Bonchev–Trinajstić information content (AvgIpc) is 3.30. The van der Waals surface area contributed by atoms with Crippen molar-refractivity contribution in [1.82, 2.24) is 9.78 Å². The number of carbonyl (C=O) groups excluding carboxylic acids is 3. The molecule has 1 aliphatic rings. The number of rotatable bonds is 5. The van der Waals surface area contributed by atoms with Crippen molar-refractivity contribution in [3.8, 4) is 5.69 Å². The van der Waals surface area contributed by atoms with Gasteiger partial charge < -0.3 is 10.1 Å². The van der Waals surface area contributed by atoms with Crippen LogP contribution in [0.25, 0.3) is 5.69 Å². The number of carbonyl (C=O) groups is 3. The molecule has 1 N–H and O–H groups in total. The van der Waals surface area contributed by atoms with E-state index in [4.69, 9.17) is 4.74 Å². The van der Waals surface area contributed by atoms with Crippen molar-refractivity contribution in [3.05, 3.63) is 71.5 Å². The van der Waals surface area contributed by atoms with E-state index in [1.165, 1.54) is 4.90 Å². The van der Waals surface area contributed by atoms with Crippen molar-refractivity contribution in [2.24, 2.45) is 0 Å². The number of cyclic esters (lactones) is 1. The van der Waals surface area contributed by atoms with E-state index in [0.717, 1.165) is 5.69 Å². The van der Waals surface area contributed by atoms with Crippen LogP contribution < -0.4 is 10.2 Å². The summed E-state index contributed by atoms with van der Waals surface area (Å²) in [6.45, 7) is 4.21. The number of nitrogens with zero attached hydrogens (tertiary/aromatic N) is 3. The molecule has 0 spiro atoms. The first-order chi connectivity index (χ1) is 14.5. The Labute approximate surface area is 173 Å². The molecule has 8 heteroatoms. The molecule has 1 saturated heterocycles. The van der Waals surface area contributed by atoms with Gasteiger partial charge >= 0.3 is 6.09 Å². The Morgan fingerprint density at radius 2 is 1.77 bits per heavy atom. The largest absolute Gasteiger partial charge is 0.447 e. The minimum absolute atomic E-state index is 0.274. The predicted molar refractivity (Wildman–Crippen MR) is 111 cm³/mol. The molecule has 0 aliphatic carbocycles. The summed E-state index contributed by atoms with van der Waals surface area (Å²) >= 11 is 0. The first-order valence-corrected chi connectivity index (χ1v) is 9.47. The van der Waals surface area contributed by atoms with Gasteiger partial charge in [0.25, 0.3) is 11.7 Å². The number of aromatic nitrogens is 2. The summed E-state index contributed by atoms with van der Waals surface area (Å²) in [6, 6.07) is 16.1. The fraction of sp³-hybridized carbons (Fsp3) is 0.182. The van der Waals surface area contributed by atoms with Gasteiger partial charge in [0.05, 0.1) is 29.2 Å². The van der Waals surface area contributed by atoms with Gasteiger partial charge in [-0.25, -0.2) is 9.48 Å². The topological polar surface area (TPSA) is 93.5 Å². The Morgan fingerprint density at radius 1 is 1.03 bits per heavy atom. The van der Waals surface area contributed by atoms with E-state index in [1.807, 2.05) is 30.3 Å². The van der Waals surface area contributed by atoms with Crippen molar-refractivity contribution in [1.29, 1.82) is 0 Å². The lowest BCUT2D eigenvalue weighted by Crippen LogP contribution is -2.25. The van der Waals surface area contributed by atoms with E-state index >= 15 is 0 Å². The van der Waals surface area contributed by atoms with E-state index < -0.39 is 17.8 Å². The Kier molecular flexibility index (Phi) is 5.05. The van der Waals surface area contributed by atoms with Crippen LogP contribution in [0.15, 0.2) is 54.6 Å². The highest BCUT2D eigenvalue weighted by Gasteiger charge is 2.26. The molecule has 0 saturated carbocycles. The monoisotopic (exact) mass is 404 g/mol. The molecule has 1 aromatic heterocycles. The van der Waals surface area contributed by atoms with Crippen LogP contribution in [0, 0.1) is 13.8 Å². The number of hydrogen-bond donors (Lipinski definition) is 1. The highest BCUT2D eigenvalue weighted by molar-refractivity contribution is 6.47. The van der Waals surface area contributed by atoms with Crippen molar-refractivity contribution in [2.75, 3.05) is 23.4 Å². The highest BCUT2D eigenvalue weighted by Crippen LogP contribution is 2.23. The van der Waals surface area contributed by atoms with E-state index in [1.54, 1.807) is 42.8 Å². The van der Waals surface area contributed by atoms with Crippen LogP contribution in [0.4, 0.5) is 16.2 Å². The van der Waals surface area contributed by atoms with Crippen LogP contribution in [-0.4, -0.2) is 40.7 Å². The number of para-hydroxylation sites is 1. The van der Waals surface area contributed by atoms with Crippen LogP contribution >= 0.6 is 0 Å². The number of aryl methyl sites for hydroxylation is 1. The Bertz CT molecular complexity index is 1140. The van der Waals surface area contributed by atoms with Crippen LogP contribution in [-0.2, 0) is 9.53 Å². The summed E-state index contributed by atoms with van der Waals surface area (Å²) < 4.78 is 6.59. The fourth-order valence-corrected chi connectivity index (χ4v) is 3.47. The van der Waals surface area contributed by atoms with Crippen molar-refractivity contribution < 1.29 is 19.1 Å². The zero-order valence-electron chi connectivity index (χ0n) is 16.6. The summed E-state index contributed by atoms with van der Waals surface area (Å²) in [6.07, 6.45) is -0.436. The van der Waals surface area contributed by atoms with Gasteiger partial charge in [-0.15, -0.1) is 0 Å². The zero-order chi connectivity index (χ0) is 21.3. The summed E-state index contributed by atoms with van der Waals surface area (Å²) in [5.74, 6) is -1.44. The molecule has 8 nitrogen and oxygen atoms in total. The van der Waals surface area contributed by atoms with Crippen LogP contribution in [0.1, 0.15) is 21.7 Å². The molecule has 30 heavy (non-hydrogen) atoms. The first-order valence-electron chi connectivity index (χ1n) is 9.47. The second-order valence-electron chi connectivity index (χ2n) is 6.89. The van der Waals surface area contributed by atoms with Crippen LogP contribution in [0.2, 0.25) is 0 Å². The fourth-order valence-electron chi connectivity index (χ4n) is 3.47. The van der Waals surface area contributed by atoms with Gasteiger partial charge in [-0.1, -0.05) is 24.3 Å². The molecule has 1 aliphatic heterocycles. The molecule has 2 aromatic carbocycles. The zero-order valence-corrected chi connectivity index (χ0v) is 16.6. The van der Waals surface area contributed by atoms with Gasteiger partial charge in [-0.05, 0) is 44.2 Å². The number of anilines is 2. The van der Waals surface area contributed by atoms with Gasteiger partial charge in [0.15, 0.2) is 0 Å². The number of ether oxygens (including phenoxy) is 1. The lowest BCUT2D eigenvalue weighted by atomic mass is 10.1. The minimum Gasteiger partial charge on any atom is -0.447 e. The molecular formula is C22H20N4O4. The molecule has 2 heterocycles. The second kappa shape index (κ2) is 7.82. The number of Topliss-reactive ketones (excluding diaryl/α,β-unsaturated/α-hetero) is 1. The minimum atomic E-state index is -0.769. The third kappa shape index (κ3) is 3.55. The van der Waals surface area contributed by atoms with Gasteiger partial charge in [0.1, 0.15) is 6.61 Å². The van der Waals surface area contributed by atoms with Gasteiger partial charge in [-0.3, -0.25) is 14.5 Å². The molecule has 152 valence electrons. The maximum absolute atomic E-state index is 12.9. The molecule has 0 bridgehead atoms. The molecule has 0 unspecified atom stereocenters. The Morgan fingerprint density at radius 3 is 2.47 bits per heavy atom. The third-order valence-corrected chi connectivity index (χ3v) is 4.90. The van der Waals surface area contributed by atoms with E-state index in [9.17, 15) is 14.4 Å². The summed E-state index contributed by atoms with van der Waals surface area (Å²) in [5, 5.41) is 7.04. The molecule has 4 rings (SSSR count). The lowest BCUT2D eigenvalue weighted by Gasteiger charge is -2.14. The molecule has 0 radical (unpaired) electrons. The summed E-state index contributed by atoms with van der Waals surface area (Å²) in [7, 11) is 0. The second-order valence-corrected chi connectivity index (χ2v) is 6.89. The summed E-state index contributed by atoms with van der Waals surface area (Å²) in [5.41, 5.74) is 3.15. The van der Waals surface area contributed by atoms with Crippen molar-refractivity contribution in [3.63, 3.8) is 0 Å². The molecular weight excluding hydrogens is 384 g/mol. The number of amides is 2. The van der Waals surface area contributed by atoms with Crippen molar-refractivity contribution >= 4 is 29.2 Å². The Balaban J connectivity index is 1.56. The molecule has 0 atom stereocenters. The van der Waals surface area contributed by atoms with Crippen LogP contribution in [0.5, 0.6) is 0 Å². The van der Waals surface area contributed by atoms with E-state index in [2.05, 4.69) is 10.4 Å². The third-order valence-electron chi connectivity index (χ3n) is 4.90. The highest BCUT2D eigenvalue weighted by atomic mass is 16.6. The Hall–Kier alpha value is -3.94. The maximum Gasteiger partial charge on any atom is 0.414 e. The standard InChI is InChI=1S/C22H20N4O4/c1-14-19(15(2)26(24-14)17-8-4-3-5-9-17)20(27)21(28)23-16-7-6-10-18(13-16)25-11-12-30-22(25)29/h3-10,13H,11-12H2,1-2H3,(H,23,28). The van der Waals surface area contributed by atoms with Crippen LogP contribution in [0.3, 0.4) is 0 Å². The van der Waals surface area contributed by atoms with Crippen molar-refractivity contribution in [2.45, 2.75) is 13.8 Å². The molecule has 2 amide bonds. The summed E-state index contributed by atoms with van der Waals surface area (Å²) in [4.78, 5) is 38.8. The normalized spacial score (nSPS) is 13.3. The van der Waals surface area contributed by atoms with Gasteiger partial charge in [-0.2, -0.15) is 5.10 Å². The van der Waals surface area contributed by atoms with Gasteiger partial charge in [0.2, 0.25) is 0 Å². The molecule has 1 fully saturated rings. The lowest BCUT2D eigenvalue weighted by molar-refractivity contribution is -0.112. The van der Waals surface area contributed by atoms with E-state index in [0.29, 0.717) is 35.9 Å². The van der Waals surface area contributed by atoms with E-state index in [-0.39, 0.29) is 5.56 Å². The predicted octanol–water partition coefficient (Wildman–Crippen LogP) is 3.27. The van der Waals surface area contributed by atoms with Gasteiger partial charge in [0, 0.05) is 11.4 Å². The number of ketones is 1. The molecule has 3 aromatic rings. The first kappa shape index (κ1) is 19.4. The smallest absolute Gasteiger partial charge is 0.414 e.